The number of halogens is 3. The Hall–Kier alpha value is -0.630. The fourth-order valence-electron chi connectivity index (χ4n) is 4.02. The minimum Gasteiger partial charge on any atom is -0.390 e. The van der Waals surface area contributed by atoms with E-state index in [2.05, 4.69) is 0 Å². The third-order valence-electron chi connectivity index (χ3n) is 5.61. The van der Waals surface area contributed by atoms with Crippen molar-refractivity contribution in [3.8, 4) is 0 Å². The zero-order valence-corrected chi connectivity index (χ0v) is 13.5. The van der Waals surface area contributed by atoms with E-state index in [1.165, 1.54) is 13.2 Å². The Morgan fingerprint density at radius 1 is 1.43 bits per heavy atom. The second-order valence-electron chi connectivity index (χ2n) is 7.05. The molecule has 2 heterocycles. The normalized spacial score (nSPS) is 47.0. The SMILES string of the molecule is CO[C@@H]1[C@H](O)CC[C@]2(CO2)[C@H]1C1(C)O[C@@H]1C/C=C(\C)C(F)(F)F. The molecule has 1 N–H and O–H groups in total. The zero-order valence-electron chi connectivity index (χ0n) is 13.5. The predicted octanol–water partition coefficient (Wildman–Crippen LogP) is 2.60. The van der Waals surface area contributed by atoms with E-state index in [1.54, 1.807) is 0 Å². The van der Waals surface area contributed by atoms with Crippen LogP contribution in [0.2, 0.25) is 0 Å². The van der Waals surface area contributed by atoms with E-state index in [0.29, 0.717) is 13.0 Å². The van der Waals surface area contributed by atoms with Crippen molar-refractivity contribution in [1.82, 2.24) is 0 Å². The number of aliphatic hydroxyl groups is 1. The molecule has 132 valence electrons. The number of rotatable bonds is 4. The number of hydrogen-bond donors (Lipinski definition) is 1. The van der Waals surface area contributed by atoms with Gasteiger partial charge in [-0.3, -0.25) is 0 Å². The lowest BCUT2D eigenvalue weighted by Gasteiger charge is -2.41. The van der Waals surface area contributed by atoms with E-state index in [9.17, 15) is 18.3 Å². The Morgan fingerprint density at radius 3 is 2.61 bits per heavy atom. The first kappa shape index (κ1) is 17.2. The van der Waals surface area contributed by atoms with Crippen LogP contribution in [0, 0.1) is 5.92 Å². The number of alkyl halides is 3. The molecule has 0 aromatic rings. The first-order valence-corrected chi connectivity index (χ1v) is 7.90. The summed E-state index contributed by atoms with van der Waals surface area (Å²) in [5.41, 5.74) is -1.59. The smallest absolute Gasteiger partial charge is 0.390 e. The van der Waals surface area contributed by atoms with Gasteiger partial charge in [0.05, 0.1) is 36.4 Å². The van der Waals surface area contributed by atoms with Crippen LogP contribution in [0.4, 0.5) is 13.2 Å². The molecule has 6 atom stereocenters. The zero-order chi connectivity index (χ0) is 17.0. The lowest BCUT2D eigenvalue weighted by molar-refractivity contribution is -0.116. The number of hydrogen-bond acceptors (Lipinski definition) is 4. The van der Waals surface area contributed by atoms with Gasteiger partial charge in [-0.05, 0) is 33.1 Å². The number of ether oxygens (including phenoxy) is 3. The summed E-state index contributed by atoms with van der Waals surface area (Å²) >= 11 is 0. The first-order valence-electron chi connectivity index (χ1n) is 7.90. The third kappa shape index (κ3) is 2.92. The molecule has 1 aliphatic carbocycles. The van der Waals surface area contributed by atoms with Crippen molar-refractivity contribution in [1.29, 1.82) is 0 Å². The molecular weight excluding hydrogens is 313 g/mol. The summed E-state index contributed by atoms with van der Waals surface area (Å²) in [5, 5.41) is 10.2. The maximum absolute atomic E-state index is 12.6. The molecule has 1 unspecified atom stereocenters. The molecule has 23 heavy (non-hydrogen) atoms. The van der Waals surface area contributed by atoms with Gasteiger partial charge in [-0.1, -0.05) is 6.08 Å². The summed E-state index contributed by atoms with van der Waals surface area (Å²) in [4.78, 5) is 0. The van der Waals surface area contributed by atoms with Crippen molar-refractivity contribution >= 4 is 0 Å². The summed E-state index contributed by atoms with van der Waals surface area (Å²) in [6.07, 6.45) is -2.94. The molecular formula is C16H23F3O4. The highest BCUT2D eigenvalue weighted by Crippen LogP contribution is 2.59. The van der Waals surface area contributed by atoms with Gasteiger partial charge < -0.3 is 19.3 Å². The van der Waals surface area contributed by atoms with E-state index >= 15 is 0 Å². The molecule has 7 heteroatoms. The molecule has 0 amide bonds. The van der Waals surface area contributed by atoms with E-state index in [-0.39, 0.29) is 24.0 Å². The van der Waals surface area contributed by atoms with Crippen LogP contribution in [-0.4, -0.2) is 54.5 Å². The van der Waals surface area contributed by atoms with Crippen LogP contribution in [0.25, 0.3) is 0 Å². The summed E-state index contributed by atoms with van der Waals surface area (Å²) < 4.78 is 54.7. The summed E-state index contributed by atoms with van der Waals surface area (Å²) in [5.74, 6) is -0.173. The summed E-state index contributed by atoms with van der Waals surface area (Å²) in [7, 11) is 1.54. The molecule has 0 aromatic heterocycles. The van der Waals surface area contributed by atoms with Gasteiger partial charge in [0, 0.05) is 12.7 Å². The largest absolute Gasteiger partial charge is 0.412 e. The van der Waals surface area contributed by atoms with Crippen LogP contribution in [0.15, 0.2) is 11.6 Å². The van der Waals surface area contributed by atoms with Crippen LogP contribution < -0.4 is 0 Å². The Bertz CT molecular complexity index is 500. The Kier molecular flexibility index (Phi) is 4.07. The lowest BCUT2D eigenvalue weighted by atomic mass is 9.68. The average molecular weight is 336 g/mol. The van der Waals surface area contributed by atoms with E-state index in [1.807, 2.05) is 6.92 Å². The van der Waals surface area contributed by atoms with Crippen LogP contribution in [0.3, 0.4) is 0 Å². The maximum atomic E-state index is 12.6. The van der Waals surface area contributed by atoms with Crippen LogP contribution >= 0.6 is 0 Å². The van der Waals surface area contributed by atoms with Crippen molar-refractivity contribution in [2.24, 2.45) is 5.92 Å². The Labute approximate surface area is 133 Å². The minimum absolute atomic E-state index is 0.173. The van der Waals surface area contributed by atoms with Crippen molar-refractivity contribution in [2.45, 2.75) is 68.8 Å². The van der Waals surface area contributed by atoms with Gasteiger partial charge in [0.15, 0.2) is 0 Å². The van der Waals surface area contributed by atoms with Crippen molar-refractivity contribution in [3.05, 3.63) is 11.6 Å². The molecule has 3 fully saturated rings. The molecule has 3 aliphatic rings. The highest BCUT2D eigenvalue weighted by atomic mass is 19.4. The molecule has 0 bridgehead atoms. The standard InChI is InChI=1S/C16H23F3O4/c1-9(16(17,18)19)4-5-11-14(2,23-11)13-12(21-3)10(20)6-7-15(13)8-22-15/h4,10-13,20H,5-8H2,1-3H3/b9-4+/t10-,11-,12-,13-,14?,15+/m1/s1. The second kappa shape index (κ2) is 5.44. The summed E-state index contributed by atoms with van der Waals surface area (Å²) in [6, 6.07) is 0. The van der Waals surface area contributed by atoms with Gasteiger partial charge in [-0.2, -0.15) is 13.2 Å². The van der Waals surface area contributed by atoms with E-state index in [0.717, 1.165) is 13.3 Å². The monoisotopic (exact) mass is 336 g/mol. The van der Waals surface area contributed by atoms with Crippen LogP contribution in [0.5, 0.6) is 0 Å². The molecule has 0 aromatic carbocycles. The van der Waals surface area contributed by atoms with Crippen molar-refractivity contribution < 1.29 is 32.5 Å². The van der Waals surface area contributed by atoms with Gasteiger partial charge >= 0.3 is 6.18 Å². The molecule has 1 saturated carbocycles. The number of methoxy groups -OCH3 is 1. The Morgan fingerprint density at radius 2 is 2.09 bits per heavy atom. The quantitative estimate of drug-likeness (QED) is 0.633. The number of aliphatic hydroxyl groups excluding tert-OH is 1. The van der Waals surface area contributed by atoms with E-state index < -0.39 is 29.6 Å². The Balaban J connectivity index is 1.73. The molecule has 2 saturated heterocycles. The molecule has 1 spiro atoms. The van der Waals surface area contributed by atoms with Gasteiger partial charge in [0.2, 0.25) is 0 Å². The van der Waals surface area contributed by atoms with Crippen LogP contribution in [-0.2, 0) is 14.2 Å². The highest BCUT2D eigenvalue weighted by Gasteiger charge is 2.71. The predicted molar refractivity (Wildman–Crippen MR) is 75.9 cm³/mol. The van der Waals surface area contributed by atoms with Gasteiger partial charge in [-0.25, -0.2) is 0 Å². The number of allylic oxidation sites excluding steroid dienone is 1. The first-order chi connectivity index (χ1) is 10.6. The average Bonchev–Trinajstić information content (AvgIpc) is 3.36. The molecule has 2 aliphatic heterocycles. The number of epoxide rings is 2. The third-order valence-corrected chi connectivity index (χ3v) is 5.61. The van der Waals surface area contributed by atoms with Crippen LogP contribution in [0.1, 0.15) is 33.1 Å². The molecule has 0 radical (unpaired) electrons. The van der Waals surface area contributed by atoms with Gasteiger partial charge in [-0.15, -0.1) is 0 Å². The molecule has 4 nitrogen and oxygen atoms in total. The van der Waals surface area contributed by atoms with Gasteiger partial charge in [0.25, 0.3) is 0 Å². The topological polar surface area (TPSA) is 54.5 Å². The summed E-state index contributed by atoms with van der Waals surface area (Å²) in [6.45, 7) is 3.54. The highest BCUT2D eigenvalue weighted by molar-refractivity contribution is 5.21. The van der Waals surface area contributed by atoms with Crippen molar-refractivity contribution in [2.75, 3.05) is 13.7 Å². The lowest BCUT2D eigenvalue weighted by Crippen LogP contribution is -2.54. The molecule has 3 rings (SSSR count). The van der Waals surface area contributed by atoms with Crippen molar-refractivity contribution in [3.63, 3.8) is 0 Å². The minimum atomic E-state index is -4.30. The fourth-order valence-corrected chi connectivity index (χ4v) is 4.02. The fraction of sp³-hybridized carbons (Fsp3) is 0.875. The maximum Gasteiger partial charge on any atom is 0.412 e. The van der Waals surface area contributed by atoms with Gasteiger partial charge in [0.1, 0.15) is 5.60 Å². The second-order valence-corrected chi connectivity index (χ2v) is 7.05. The van der Waals surface area contributed by atoms with E-state index in [4.69, 9.17) is 14.2 Å².